The lowest BCUT2D eigenvalue weighted by Crippen LogP contribution is -2.76. The fourth-order valence-electron chi connectivity index (χ4n) is 7.38. The van der Waals surface area contributed by atoms with E-state index in [-0.39, 0.29) is 23.9 Å². The molecule has 0 spiro atoms. The molecule has 0 aliphatic carbocycles. The minimum Gasteiger partial charge on any atom is -0.374 e. The van der Waals surface area contributed by atoms with Crippen LogP contribution < -0.4 is 21.7 Å². The number of carbonyl (C=O) groups is 1. The zero-order chi connectivity index (χ0) is 29.3. The number of fused-ring (bicyclic) bond motifs is 2. The van der Waals surface area contributed by atoms with Crippen LogP contribution in [0.25, 0.3) is 0 Å². The number of carbonyl (C=O) groups excluding carboxylic acids is 1. The molecule has 6 N–H and O–H groups in total. The van der Waals surface area contributed by atoms with Crippen molar-refractivity contribution < 1.29 is 18.8 Å². The Hall–Kier alpha value is -2.08. The van der Waals surface area contributed by atoms with E-state index in [0.717, 1.165) is 68.9 Å². The third-order valence-corrected chi connectivity index (χ3v) is 10.0. The number of aliphatic hydroxyl groups excluding tert-OH is 1. The number of aryl methyl sites for hydroxylation is 1. The number of nitrogens with two attached hydrogens (primary N) is 1. The summed E-state index contributed by atoms with van der Waals surface area (Å²) in [5.74, 6) is 0.537. The van der Waals surface area contributed by atoms with Crippen molar-refractivity contribution in [1.82, 2.24) is 25.8 Å². The van der Waals surface area contributed by atoms with Crippen molar-refractivity contribution in [1.29, 1.82) is 0 Å². The highest BCUT2D eigenvalue weighted by molar-refractivity contribution is 5.81. The van der Waals surface area contributed by atoms with E-state index < -0.39 is 24.5 Å². The number of likely N-dealkylation sites (N-methyl/N-ethyl adjacent to an activating group) is 2. The van der Waals surface area contributed by atoms with E-state index in [4.69, 9.17) is 5.73 Å². The number of hydrogen-bond donors (Lipinski definition) is 5. The molecule has 1 aromatic rings. The van der Waals surface area contributed by atoms with E-state index in [0.29, 0.717) is 24.0 Å². The van der Waals surface area contributed by atoms with Gasteiger partial charge in [-0.1, -0.05) is 38.0 Å². The average Bonchev–Trinajstić information content (AvgIpc) is 2.96. The molecule has 9 nitrogen and oxygen atoms in total. The molecule has 0 radical (unpaired) electrons. The molecular formula is C31H51FN7O2+. The summed E-state index contributed by atoms with van der Waals surface area (Å²) in [7, 11) is 4.13. The summed E-state index contributed by atoms with van der Waals surface area (Å²) in [6, 6.07) is 6.07. The van der Waals surface area contributed by atoms with E-state index in [9.17, 15) is 14.3 Å². The van der Waals surface area contributed by atoms with Crippen molar-refractivity contribution in [2.75, 3.05) is 59.9 Å². The number of halogens is 1. The van der Waals surface area contributed by atoms with Gasteiger partial charge in [0.1, 0.15) is 30.9 Å². The van der Waals surface area contributed by atoms with Crippen LogP contribution in [0.3, 0.4) is 0 Å². The van der Waals surface area contributed by atoms with Gasteiger partial charge in [0.2, 0.25) is 11.7 Å². The van der Waals surface area contributed by atoms with Crippen molar-refractivity contribution >= 4 is 5.91 Å². The molecule has 3 saturated heterocycles. The van der Waals surface area contributed by atoms with E-state index in [2.05, 4.69) is 64.9 Å². The Labute approximate surface area is 244 Å². The quantitative estimate of drug-likeness (QED) is 0.271. The molecule has 3 fully saturated rings. The van der Waals surface area contributed by atoms with Crippen LogP contribution >= 0.6 is 0 Å². The average molecular weight is 573 g/mol. The maximum absolute atomic E-state index is 14.9. The number of rotatable bonds is 10. The summed E-state index contributed by atoms with van der Waals surface area (Å²) in [4.78, 5) is 18.2. The van der Waals surface area contributed by atoms with Crippen LogP contribution in [-0.2, 0) is 4.79 Å². The molecule has 5 heterocycles. The fourth-order valence-corrected chi connectivity index (χ4v) is 7.38. The Morgan fingerprint density at radius 3 is 2.76 bits per heavy atom. The molecule has 2 bridgehead atoms. The molecule has 1 amide bonds. The van der Waals surface area contributed by atoms with Crippen LogP contribution in [0.15, 0.2) is 30.1 Å². The van der Waals surface area contributed by atoms with Gasteiger partial charge in [0.15, 0.2) is 0 Å². The minimum absolute atomic E-state index is 0.0724. The first kappa shape index (κ1) is 30.4. The SMILES string of the molecule is CCCCC(F)C[N+]1(C)C2=CC1C(C(=O)NC1CNCCC1c1ccc(C(O)N3CCN(C)CC3)cc1C)C(N)N2. The number of benzene rings is 1. The summed E-state index contributed by atoms with van der Waals surface area (Å²) >= 11 is 0. The first-order valence-electron chi connectivity index (χ1n) is 15.6. The molecule has 8 unspecified atom stereocenters. The van der Waals surface area contributed by atoms with Crippen LogP contribution in [0.4, 0.5) is 4.39 Å². The van der Waals surface area contributed by atoms with Gasteiger partial charge < -0.3 is 31.7 Å². The lowest BCUT2D eigenvalue weighted by molar-refractivity contribution is -0.923. The van der Waals surface area contributed by atoms with E-state index in [1.807, 2.05) is 13.1 Å². The topological polar surface area (TPSA) is 106 Å². The molecule has 0 aromatic heterocycles. The van der Waals surface area contributed by atoms with Crippen molar-refractivity contribution in [3.05, 3.63) is 46.8 Å². The number of piperazine rings is 1. The van der Waals surface area contributed by atoms with Gasteiger partial charge in [0.25, 0.3) is 0 Å². The van der Waals surface area contributed by atoms with Crippen molar-refractivity contribution in [2.45, 2.75) is 76.1 Å². The predicted molar refractivity (Wildman–Crippen MR) is 159 cm³/mol. The molecular weight excluding hydrogens is 521 g/mol. The number of nitrogens with zero attached hydrogens (tertiary/aromatic N) is 3. The highest BCUT2D eigenvalue weighted by atomic mass is 19.1. The zero-order valence-electron chi connectivity index (χ0n) is 25.3. The molecule has 228 valence electrons. The Bertz CT molecular complexity index is 1110. The van der Waals surface area contributed by atoms with Crippen LogP contribution in [0, 0.1) is 12.8 Å². The fraction of sp³-hybridized carbons (Fsp3) is 0.710. The van der Waals surface area contributed by atoms with Crippen LogP contribution in [0.2, 0.25) is 0 Å². The lowest BCUT2D eigenvalue weighted by atomic mass is 9.80. The minimum atomic E-state index is -0.904. The van der Waals surface area contributed by atoms with E-state index in [1.54, 1.807) is 0 Å². The lowest BCUT2D eigenvalue weighted by Gasteiger charge is -2.56. The normalized spacial score (nSPS) is 33.7. The van der Waals surface area contributed by atoms with Gasteiger partial charge in [-0.25, -0.2) is 4.39 Å². The second-order valence-electron chi connectivity index (χ2n) is 13.0. The number of hydrogen-bond acceptors (Lipinski definition) is 7. The zero-order valence-corrected chi connectivity index (χ0v) is 25.3. The molecule has 5 aliphatic rings. The van der Waals surface area contributed by atoms with Gasteiger partial charge in [0.05, 0.1) is 19.3 Å². The Balaban J connectivity index is 1.27. The third kappa shape index (κ3) is 6.19. The summed E-state index contributed by atoms with van der Waals surface area (Å²) in [6.07, 6.45) is 3.35. The summed E-state index contributed by atoms with van der Waals surface area (Å²) in [5.41, 5.74) is 9.72. The standard InChI is InChI=1S/C31H50FN7O2/c1-5-6-7-22(32)19-39(4)26-17-27(39)36-29(33)28(26)30(40)35-25-18-34-11-10-24(25)23-9-8-21(16-20(23)2)31(41)38-14-12-37(3)13-15-38/h8-9,16-17,22,24-26,28-29,31,34,36,41H,5-7,10-15,18-19,33H2,1-4H3/p+1. The third-order valence-electron chi connectivity index (χ3n) is 10.0. The van der Waals surface area contributed by atoms with E-state index >= 15 is 0 Å². The molecule has 0 saturated carbocycles. The Morgan fingerprint density at radius 2 is 2.05 bits per heavy atom. The maximum atomic E-state index is 14.9. The number of nitrogens with one attached hydrogen (secondary N) is 3. The van der Waals surface area contributed by atoms with Gasteiger partial charge in [-0.2, -0.15) is 0 Å². The molecule has 10 heteroatoms. The van der Waals surface area contributed by atoms with Gasteiger partial charge >= 0.3 is 0 Å². The predicted octanol–water partition coefficient (Wildman–Crippen LogP) is 1.50. The van der Waals surface area contributed by atoms with E-state index in [1.165, 1.54) is 5.56 Å². The maximum Gasteiger partial charge on any atom is 0.233 e. The Kier molecular flexibility index (Phi) is 9.37. The number of quaternary nitrogens is 1. The van der Waals surface area contributed by atoms with Crippen LogP contribution in [0.5, 0.6) is 0 Å². The number of piperidine rings is 1. The van der Waals surface area contributed by atoms with Gasteiger partial charge in [0, 0.05) is 44.7 Å². The monoisotopic (exact) mass is 572 g/mol. The highest BCUT2D eigenvalue weighted by Gasteiger charge is 2.59. The molecule has 41 heavy (non-hydrogen) atoms. The number of alkyl halides is 1. The van der Waals surface area contributed by atoms with Crippen LogP contribution in [0.1, 0.15) is 61.4 Å². The van der Waals surface area contributed by atoms with Crippen LogP contribution in [-0.4, -0.2) is 110 Å². The number of amides is 1. The number of unbranched alkanes of at least 4 members (excludes halogenated alkanes) is 1. The molecule has 8 atom stereocenters. The molecule has 5 aliphatic heterocycles. The van der Waals surface area contributed by atoms with Crippen molar-refractivity contribution in [3.8, 4) is 0 Å². The Morgan fingerprint density at radius 1 is 1.29 bits per heavy atom. The van der Waals surface area contributed by atoms with Gasteiger partial charge in [-0.15, -0.1) is 0 Å². The van der Waals surface area contributed by atoms with Crippen molar-refractivity contribution in [3.63, 3.8) is 0 Å². The second kappa shape index (κ2) is 12.7. The van der Waals surface area contributed by atoms with Gasteiger partial charge in [-0.3, -0.25) is 14.2 Å². The van der Waals surface area contributed by atoms with Crippen molar-refractivity contribution in [2.24, 2.45) is 11.7 Å². The first-order chi connectivity index (χ1) is 19.6. The smallest absolute Gasteiger partial charge is 0.233 e. The second-order valence-corrected chi connectivity index (χ2v) is 13.0. The first-order valence-corrected chi connectivity index (χ1v) is 15.6. The largest absolute Gasteiger partial charge is 0.374 e. The molecule has 1 aromatic carbocycles. The molecule has 6 rings (SSSR count). The summed E-state index contributed by atoms with van der Waals surface area (Å²) in [5, 5.41) is 21.2. The van der Waals surface area contributed by atoms with Gasteiger partial charge in [-0.05, 0) is 50.0 Å². The summed E-state index contributed by atoms with van der Waals surface area (Å²) in [6.45, 7) is 9.70. The number of aliphatic hydroxyl groups is 1. The highest BCUT2D eigenvalue weighted by Crippen LogP contribution is 2.41. The summed E-state index contributed by atoms with van der Waals surface area (Å²) < 4.78 is 15.3.